The molecule has 2 aromatic heterocycles. The van der Waals surface area contributed by atoms with E-state index in [0.717, 1.165) is 50.4 Å². The molecule has 0 radical (unpaired) electrons. The van der Waals surface area contributed by atoms with Gasteiger partial charge in [-0.15, -0.1) is 11.3 Å². The molecule has 0 aromatic carbocycles. The Balaban J connectivity index is 1.60. The number of carbonyl (C=O) groups is 1. The highest BCUT2D eigenvalue weighted by Gasteiger charge is 2.22. The highest BCUT2D eigenvalue weighted by atomic mass is 32.1. The highest BCUT2D eigenvalue weighted by molar-refractivity contribution is 7.09. The molecule has 1 unspecified atom stereocenters. The number of nitrogens with zero attached hydrogens (tertiary/aromatic N) is 5. The van der Waals surface area contributed by atoms with Gasteiger partial charge in [0.05, 0.1) is 6.54 Å². The Morgan fingerprint density at radius 1 is 1.46 bits per heavy atom. The van der Waals surface area contributed by atoms with Gasteiger partial charge >= 0.3 is 0 Å². The van der Waals surface area contributed by atoms with E-state index in [1.807, 2.05) is 4.68 Å². The van der Waals surface area contributed by atoms with E-state index >= 15 is 0 Å². The second kappa shape index (κ2) is 9.68. The van der Waals surface area contributed by atoms with Gasteiger partial charge < -0.3 is 15.5 Å². The third-order valence-electron chi connectivity index (χ3n) is 4.67. The van der Waals surface area contributed by atoms with Gasteiger partial charge in [0.1, 0.15) is 12.4 Å². The Morgan fingerprint density at radius 2 is 2.32 bits per heavy atom. The summed E-state index contributed by atoms with van der Waals surface area (Å²) in [6.45, 7) is 3.73. The third kappa shape index (κ3) is 5.54. The van der Waals surface area contributed by atoms with Crippen molar-refractivity contribution in [3.63, 3.8) is 0 Å². The molecule has 28 heavy (non-hydrogen) atoms. The molecule has 9 heteroatoms. The van der Waals surface area contributed by atoms with E-state index < -0.39 is 0 Å². The van der Waals surface area contributed by atoms with Gasteiger partial charge in [0.2, 0.25) is 5.91 Å². The van der Waals surface area contributed by atoms with Crippen molar-refractivity contribution < 1.29 is 4.79 Å². The molecule has 3 heterocycles. The van der Waals surface area contributed by atoms with Crippen molar-refractivity contribution >= 4 is 23.2 Å². The molecule has 1 amide bonds. The molecule has 0 fully saturated rings. The van der Waals surface area contributed by atoms with Crippen molar-refractivity contribution in [3.8, 4) is 0 Å². The van der Waals surface area contributed by atoms with Crippen LogP contribution in [0.5, 0.6) is 0 Å². The summed E-state index contributed by atoms with van der Waals surface area (Å²) in [5, 5.41) is 13.5. The number of guanidine groups is 1. The first-order valence-corrected chi connectivity index (χ1v) is 10.6. The summed E-state index contributed by atoms with van der Waals surface area (Å²) in [6.07, 6.45) is 3.64. The van der Waals surface area contributed by atoms with Crippen LogP contribution in [0.15, 0.2) is 22.5 Å². The van der Waals surface area contributed by atoms with Crippen LogP contribution >= 0.6 is 11.3 Å². The van der Waals surface area contributed by atoms with Crippen LogP contribution < -0.4 is 10.6 Å². The quantitative estimate of drug-likeness (QED) is 0.534. The van der Waals surface area contributed by atoms with Crippen molar-refractivity contribution in [2.45, 2.75) is 45.2 Å². The zero-order valence-electron chi connectivity index (χ0n) is 16.8. The molecule has 0 spiro atoms. The molecule has 3 rings (SSSR count). The minimum Gasteiger partial charge on any atom is -0.356 e. The third-order valence-corrected chi connectivity index (χ3v) is 5.61. The number of hydrogen-bond acceptors (Lipinski definition) is 5. The van der Waals surface area contributed by atoms with Crippen LogP contribution in [0.3, 0.4) is 0 Å². The normalized spacial score (nSPS) is 16.5. The minimum absolute atomic E-state index is 0.0193. The van der Waals surface area contributed by atoms with E-state index in [-0.39, 0.29) is 18.5 Å². The van der Waals surface area contributed by atoms with Gasteiger partial charge in [-0.2, -0.15) is 5.10 Å². The number of amides is 1. The van der Waals surface area contributed by atoms with Gasteiger partial charge in [-0.25, -0.2) is 14.7 Å². The number of thiophene rings is 1. The fourth-order valence-electron chi connectivity index (χ4n) is 3.02. The second-order valence-electron chi connectivity index (χ2n) is 7.07. The van der Waals surface area contributed by atoms with Gasteiger partial charge in [-0.05, 0) is 24.3 Å². The predicted molar refractivity (Wildman–Crippen MR) is 112 cm³/mol. The Labute approximate surface area is 170 Å². The molecule has 1 atom stereocenters. The molecule has 0 aliphatic carbocycles. The first-order chi connectivity index (χ1) is 13.5. The van der Waals surface area contributed by atoms with E-state index in [1.165, 1.54) is 4.88 Å². The predicted octanol–water partition coefficient (Wildman–Crippen LogP) is 1.08. The lowest BCUT2D eigenvalue weighted by Gasteiger charge is -2.25. The molecule has 1 aliphatic heterocycles. The van der Waals surface area contributed by atoms with Crippen LogP contribution in [0.25, 0.3) is 0 Å². The summed E-state index contributed by atoms with van der Waals surface area (Å²) in [7, 11) is 3.49. The van der Waals surface area contributed by atoms with Crippen molar-refractivity contribution in [2.24, 2.45) is 4.99 Å². The van der Waals surface area contributed by atoms with Gasteiger partial charge in [0, 0.05) is 44.4 Å². The smallest absolute Gasteiger partial charge is 0.243 e. The number of nitrogens with one attached hydrogen (secondary N) is 2. The number of aliphatic imine (C=N–C) groups is 1. The Bertz CT molecular complexity index is 797. The number of rotatable bonds is 7. The van der Waals surface area contributed by atoms with E-state index in [0.29, 0.717) is 5.96 Å². The largest absolute Gasteiger partial charge is 0.356 e. The fourth-order valence-corrected chi connectivity index (χ4v) is 3.73. The fraction of sp³-hybridized carbons (Fsp3) is 0.579. The number of aryl methyl sites for hydroxylation is 2. The summed E-state index contributed by atoms with van der Waals surface area (Å²) in [6, 6.07) is 4.40. The molecular weight excluding hydrogens is 374 g/mol. The second-order valence-corrected chi connectivity index (χ2v) is 8.10. The summed E-state index contributed by atoms with van der Waals surface area (Å²) in [5.74, 6) is 2.61. The maximum absolute atomic E-state index is 11.9. The van der Waals surface area contributed by atoms with Crippen molar-refractivity contribution in [1.82, 2.24) is 30.3 Å². The van der Waals surface area contributed by atoms with Gasteiger partial charge in [-0.1, -0.05) is 13.0 Å². The maximum Gasteiger partial charge on any atom is 0.243 e. The molecule has 8 nitrogen and oxygen atoms in total. The molecule has 152 valence electrons. The van der Waals surface area contributed by atoms with Crippen LogP contribution in [-0.2, 0) is 30.6 Å². The molecule has 0 saturated carbocycles. The lowest BCUT2D eigenvalue weighted by atomic mass is 10.1. The maximum atomic E-state index is 11.9. The topological polar surface area (TPSA) is 87.4 Å². The van der Waals surface area contributed by atoms with Crippen LogP contribution in [0, 0.1) is 0 Å². The average Bonchev–Trinajstić information content (AvgIpc) is 3.34. The first-order valence-electron chi connectivity index (χ1n) is 9.75. The van der Waals surface area contributed by atoms with E-state index in [9.17, 15) is 4.79 Å². The number of carbonyl (C=O) groups excluding carboxylic acids is 1. The lowest BCUT2D eigenvalue weighted by molar-refractivity contribution is -0.127. The standard InChI is InChI=1S/C19H29N7OS/c1-4-16-23-17-8-7-14(13-26(17)24-16)22-19(21-12-18(27)25(2)3)20-10-9-15-6-5-11-28-15/h5-6,11,14H,4,7-10,12-13H2,1-3H3,(H2,20,21,22). The summed E-state index contributed by atoms with van der Waals surface area (Å²) >= 11 is 1.75. The number of fused-ring (bicyclic) bond motifs is 1. The number of hydrogen-bond donors (Lipinski definition) is 2. The van der Waals surface area contributed by atoms with Crippen molar-refractivity contribution in [3.05, 3.63) is 34.0 Å². The Hall–Kier alpha value is -2.42. The monoisotopic (exact) mass is 403 g/mol. The first kappa shape index (κ1) is 20.3. The summed E-state index contributed by atoms with van der Waals surface area (Å²) in [5.41, 5.74) is 0. The van der Waals surface area contributed by atoms with E-state index in [2.05, 4.69) is 50.1 Å². The number of aromatic nitrogens is 3. The van der Waals surface area contributed by atoms with Crippen LogP contribution in [0.4, 0.5) is 0 Å². The molecule has 0 saturated heterocycles. The molecule has 2 N–H and O–H groups in total. The number of likely N-dealkylation sites (N-methyl/N-ethyl adjacent to an activating group) is 1. The molecule has 0 bridgehead atoms. The Morgan fingerprint density at radius 3 is 3.04 bits per heavy atom. The summed E-state index contributed by atoms with van der Waals surface area (Å²) in [4.78, 5) is 23.9. The van der Waals surface area contributed by atoms with Crippen molar-refractivity contribution in [1.29, 1.82) is 0 Å². The van der Waals surface area contributed by atoms with Gasteiger partial charge in [-0.3, -0.25) is 4.79 Å². The van der Waals surface area contributed by atoms with E-state index in [4.69, 9.17) is 0 Å². The average molecular weight is 404 g/mol. The van der Waals surface area contributed by atoms with Crippen LogP contribution in [0.2, 0.25) is 0 Å². The molecular formula is C19H29N7OS. The molecule has 1 aliphatic rings. The van der Waals surface area contributed by atoms with Crippen LogP contribution in [-0.4, -0.2) is 64.8 Å². The zero-order chi connectivity index (χ0) is 19.9. The minimum atomic E-state index is -0.0193. The molecule has 2 aromatic rings. The van der Waals surface area contributed by atoms with E-state index in [1.54, 1.807) is 30.3 Å². The van der Waals surface area contributed by atoms with Gasteiger partial charge in [0.25, 0.3) is 0 Å². The SMILES string of the molecule is CCc1nc2n(n1)CC(NC(=NCC(=O)N(C)C)NCCc1cccs1)CC2. The van der Waals surface area contributed by atoms with Crippen LogP contribution in [0.1, 0.15) is 29.9 Å². The summed E-state index contributed by atoms with van der Waals surface area (Å²) < 4.78 is 1.99. The lowest BCUT2D eigenvalue weighted by Crippen LogP contribution is -2.48. The zero-order valence-corrected chi connectivity index (χ0v) is 17.6. The van der Waals surface area contributed by atoms with Crippen molar-refractivity contribution in [2.75, 3.05) is 27.2 Å². The highest BCUT2D eigenvalue weighted by Crippen LogP contribution is 2.13. The Kier molecular flexibility index (Phi) is 7.02. The van der Waals surface area contributed by atoms with Gasteiger partial charge in [0.15, 0.2) is 11.8 Å².